The number of nitrogens with zero attached hydrogens (tertiary/aromatic N) is 3. The lowest BCUT2D eigenvalue weighted by Gasteiger charge is -2.13. The van der Waals surface area contributed by atoms with Crippen molar-refractivity contribution < 1.29 is 4.79 Å². The molecule has 0 unspecified atom stereocenters. The zero-order valence-electron chi connectivity index (χ0n) is 19.4. The van der Waals surface area contributed by atoms with Gasteiger partial charge in [-0.3, -0.25) is 9.36 Å². The molecule has 0 radical (unpaired) electrons. The van der Waals surface area contributed by atoms with Crippen LogP contribution in [-0.4, -0.2) is 20.7 Å². The van der Waals surface area contributed by atoms with Crippen molar-refractivity contribution in [3.63, 3.8) is 0 Å². The zero-order chi connectivity index (χ0) is 25.1. The Morgan fingerprint density at radius 3 is 2.50 bits per heavy atom. The SMILES string of the molecule is Cc1ccccc1CSc1nnc(CNC(=O)c2ccc3ccccc3c2)n1-c1ccc(Cl)cc1Cl. The Balaban J connectivity index is 1.42. The van der Waals surface area contributed by atoms with Gasteiger partial charge in [-0.25, -0.2) is 0 Å². The van der Waals surface area contributed by atoms with E-state index in [4.69, 9.17) is 23.2 Å². The first-order valence-corrected chi connectivity index (χ1v) is 13.1. The van der Waals surface area contributed by atoms with Crippen molar-refractivity contribution in [3.8, 4) is 5.69 Å². The minimum absolute atomic E-state index is 0.183. The van der Waals surface area contributed by atoms with Gasteiger partial charge in [-0.15, -0.1) is 10.2 Å². The monoisotopic (exact) mass is 532 g/mol. The summed E-state index contributed by atoms with van der Waals surface area (Å²) < 4.78 is 1.88. The summed E-state index contributed by atoms with van der Waals surface area (Å²) in [4.78, 5) is 13.0. The van der Waals surface area contributed by atoms with E-state index in [1.807, 2.05) is 65.2 Å². The number of hydrogen-bond donors (Lipinski definition) is 1. The second-order valence-electron chi connectivity index (χ2n) is 8.29. The van der Waals surface area contributed by atoms with Crippen LogP contribution in [0.25, 0.3) is 16.5 Å². The summed E-state index contributed by atoms with van der Waals surface area (Å²) in [5.74, 6) is 1.10. The maximum absolute atomic E-state index is 13.0. The van der Waals surface area contributed by atoms with Crippen molar-refractivity contribution in [1.82, 2.24) is 20.1 Å². The lowest BCUT2D eigenvalue weighted by molar-refractivity contribution is 0.0950. The highest BCUT2D eigenvalue weighted by atomic mass is 35.5. The third-order valence-electron chi connectivity index (χ3n) is 5.89. The van der Waals surface area contributed by atoms with Crippen LogP contribution in [0.2, 0.25) is 10.0 Å². The number of rotatable bonds is 7. The van der Waals surface area contributed by atoms with E-state index in [0.717, 1.165) is 16.5 Å². The molecule has 0 aliphatic heterocycles. The molecule has 8 heteroatoms. The summed E-state index contributed by atoms with van der Waals surface area (Å²) in [6, 6.07) is 27.1. The maximum atomic E-state index is 13.0. The summed E-state index contributed by atoms with van der Waals surface area (Å²) in [6.07, 6.45) is 0. The second-order valence-corrected chi connectivity index (χ2v) is 10.1. The van der Waals surface area contributed by atoms with Crippen molar-refractivity contribution in [2.24, 2.45) is 0 Å². The van der Waals surface area contributed by atoms with Crippen LogP contribution in [0.5, 0.6) is 0 Å². The summed E-state index contributed by atoms with van der Waals surface area (Å²) in [7, 11) is 0. The third-order valence-corrected chi connectivity index (χ3v) is 7.40. The number of fused-ring (bicyclic) bond motifs is 1. The first-order chi connectivity index (χ1) is 17.5. The number of nitrogens with one attached hydrogen (secondary N) is 1. The van der Waals surface area contributed by atoms with E-state index >= 15 is 0 Å². The first-order valence-electron chi connectivity index (χ1n) is 11.3. The fraction of sp³-hybridized carbons (Fsp3) is 0.107. The third kappa shape index (κ3) is 5.26. The largest absolute Gasteiger partial charge is 0.345 e. The number of halogens is 2. The first kappa shape index (κ1) is 24.4. The number of aryl methyl sites for hydroxylation is 1. The molecule has 0 spiro atoms. The molecular weight excluding hydrogens is 511 g/mol. The minimum atomic E-state index is -0.188. The number of carbonyl (C=O) groups is 1. The molecule has 180 valence electrons. The molecule has 0 saturated carbocycles. The molecule has 0 aliphatic rings. The molecule has 1 heterocycles. The molecule has 0 atom stereocenters. The van der Waals surface area contributed by atoms with E-state index in [9.17, 15) is 4.79 Å². The Hall–Kier alpha value is -3.32. The van der Waals surface area contributed by atoms with Gasteiger partial charge in [-0.2, -0.15) is 0 Å². The van der Waals surface area contributed by atoms with Gasteiger partial charge in [0.1, 0.15) is 0 Å². The van der Waals surface area contributed by atoms with E-state index in [-0.39, 0.29) is 12.5 Å². The minimum Gasteiger partial charge on any atom is -0.345 e. The lowest BCUT2D eigenvalue weighted by Crippen LogP contribution is -2.24. The molecule has 0 saturated heterocycles. The van der Waals surface area contributed by atoms with Gasteiger partial charge in [0.05, 0.1) is 17.3 Å². The van der Waals surface area contributed by atoms with Crippen molar-refractivity contribution >= 4 is 51.6 Å². The number of thioether (sulfide) groups is 1. The number of carbonyl (C=O) groups excluding carboxylic acids is 1. The fourth-order valence-corrected chi connectivity index (χ4v) is 5.45. The molecular formula is C28H22Cl2N4OS. The van der Waals surface area contributed by atoms with E-state index < -0.39 is 0 Å². The number of hydrogen-bond acceptors (Lipinski definition) is 4. The second kappa shape index (κ2) is 10.7. The van der Waals surface area contributed by atoms with Crippen LogP contribution in [-0.2, 0) is 12.3 Å². The molecule has 1 aromatic heterocycles. The highest BCUT2D eigenvalue weighted by Crippen LogP contribution is 2.31. The number of benzene rings is 4. The van der Waals surface area contributed by atoms with Crippen LogP contribution in [0.3, 0.4) is 0 Å². The van der Waals surface area contributed by atoms with Gasteiger partial charge in [-0.1, -0.05) is 89.6 Å². The lowest BCUT2D eigenvalue weighted by atomic mass is 10.1. The topological polar surface area (TPSA) is 59.8 Å². The average Bonchev–Trinajstić information content (AvgIpc) is 3.29. The van der Waals surface area contributed by atoms with Crippen LogP contribution < -0.4 is 5.32 Å². The van der Waals surface area contributed by atoms with Gasteiger partial charge in [0.2, 0.25) is 0 Å². The average molecular weight is 533 g/mol. The van der Waals surface area contributed by atoms with E-state index in [0.29, 0.717) is 32.3 Å². The highest BCUT2D eigenvalue weighted by molar-refractivity contribution is 7.98. The van der Waals surface area contributed by atoms with Crippen LogP contribution in [0.1, 0.15) is 27.3 Å². The van der Waals surface area contributed by atoms with E-state index in [1.54, 1.807) is 23.9 Å². The Labute approximate surface area is 223 Å². The molecule has 5 aromatic rings. The zero-order valence-corrected chi connectivity index (χ0v) is 21.7. The molecule has 5 rings (SSSR count). The predicted octanol–water partition coefficient (Wildman–Crippen LogP) is 7.26. The van der Waals surface area contributed by atoms with Gasteiger partial charge >= 0.3 is 0 Å². The van der Waals surface area contributed by atoms with Crippen molar-refractivity contribution in [2.75, 3.05) is 0 Å². The Morgan fingerprint density at radius 2 is 1.69 bits per heavy atom. The van der Waals surface area contributed by atoms with Crippen LogP contribution in [0.15, 0.2) is 90.1 Å². The number of amides is 1. The van der Waals surface area contributed by atoms with Gasteiger partial charge in [-0.05, 0) is 59.2 Å². The highest BCUT2D eigenvalue weighted by Gasteiger charge is 2.18. The van der Waals surface area contributed by atoms with Gasteiger partial charge in [0, 0.05) is 16.3 Å². The summed E-state index contributed by atoms with van der Waals surface area (Å²) in [6.45, 7) is 2.27. The van der Waals surface area contributed by atoms with Crippen LogP contribution in [0.4, 0.5) is 0 Å². The van der Waals surface area contributed by atoms with Crippen molar-refractivity contribution in [3.05, 3.63) is 117 Å². The Morgan fingerprint density at radius 1 is 0.917 bits per heavy atom. The molecule has 4 aromatic carbocycles. The predicted molar refractivity (Wildman–Crippen MR) is 147 cm³/mol. The fourth-order valence-electron chi connectivity index (χ4n) is 3.92. The molecule has 5 nitrogen and oxygen atoms in total. The van der Waals surface area contributed by atoms with Crippen LogP contribution >= 0.6 is 35.0 Å². The Bertz CT molecular complexity index is 1570. The summed E-state index contributed by atoms with van der Waals surface area (Å²) in [5.41, 5.74) is 3.71. The number of aromatic nitrogens is 3. The standard InChI is InChI=1S/C28H22Cl2N4OS/c1-18-6-2-3-9-22(18)17-36-28-33-32-26(34(28)25-13-12-23(29)15-24(25)30)16-31-27(35)21-11-10-19-7-4-5-8-20(19)14-21/h2-15H,16-17H2,1H3,(H,31,35). The summed E-state index contributed by atoms with van der Waals surface area (Å²) in [5, 5.41) is 15.6. The van der Waals surface area contributed by atoms with Crippen molar-refractivity contribution in [2.45, 2.75) is 24.4 Å². The van der Waals surface area contributed by atoms with Gasteiger partial charge < -0.3 is 5.32 Å². The molecule has 36 heavy (non-hydrogen) atoms. The van der Waals surface area contributed by atoms with E-state index in [2.05, 4.69) is 34.6 Å². The van der Waals surface area contributed by atoms with Crippen molar-refractivity contribution in [1.29, 1.82) is 0 Å². The Kier molecular flexibility index (Phi) is 7.28. The van der Waals surface area contributed by atoms with Gasteiger partial charge in [0.25, 0.3) is 5.91 Å². The van der Waals surface area contributed by atoms with Gasteiger partial charge in [0.15, 0.2) is 11.0 Å². The molecule has 0 bridgehead atoms. The quantitative estimate of drug-likeness (QED) is 0.224. The molecule has 1 N–H and O–H groups in total. The normalized spacial score (nSPS) is 11.1. The molecule has 0 aliphatic carbocycles. The van der Waals surface area contributed by atoms with E-state index in [1.165, 1.54) is 11.1 Å². The maximum Gasteiger partial charge on any atom is 0.251 e. The molecule has 0 fully saturated rings. The molecule has 1 amide bonds. The van der Waals surface area contributed by atoms with Crippen LogP contribution in [0, 0.1) is 6.92 Å². The summed E-state index contributed by atoms with van der Waals surface area (Å²) >= 11 is 14.3. The smallest absolute Gasteiger partial charge is 0.251 e.